The fourth-order valence-electron chi connectivity index (χ4n) is 2.41. The van der Waals surface area contributed by atoms with Crippen molar-refractivity contribution in [2.75, 3.05) is 13.2 Å². The number of hydrogen-bond donors (Lipinski definition) is 2. The Bertz CT molecular complexity index is 469. The minimum absolute atomic E-state index is 0.158. The predicted molar refractivity (Wildman–Crippen MR) is 79.1 cm³/mol. The van der Waals surface area contributed by atoms with Gasteiger partial charge in [0.15, 0.2) is 0 Å². The Morgan fingerprint density at radius 3 is 1.95 bits per heavy atom. The van der Waals surface area contributed by atoms with Gasteiger partial charge in [0.25, 0.3) is 0 Å². The Morgan fingerprint density at radius 1 is 0.895 bits per heavy atom. The zero-order valence-electron chi connectivity index (χ0n) is 11.3. The van der Waals surface area contributed by atoms with Crippen LogP contribution in [0.25, 0.3) is 0 Å². The molecule has 2 rings (SSSR count). The van der Waals surface area contributed by atoms with Crippen molar-refractivity contribution in [2.24, 2.45) is 0 Å². The van der Waals surface area contributed by atoms with E-state index in [-0.39, 0.29) is 12.6 Å². The third-order valence-corrected chi connectivity index (χ3v) is 3.46. The number of aliphatic hydroxyl groups excluding tert-OH is 1. The summed E-state index contributed by atoms with van der Waals surface area (Å²) in [6, 6.07) is 21.1. The predicted octanol–water partition coefficient (Wildman–Crippen LogP) is 3.11. The van der Waals surface area contributed by atoms with Crippen LogP contribution in [0.4, 0.5) is 0 Å². The third-order valence-electron chi connectivity index (χ3n) is 3.46. The highest BCUT2D eigenvalue weighted by Gasteiger charge is 2.19. The van der Waals surface area contributed by atoms with Gasteiger partial charge >= 0.3 is 0 Å². The van der Waals surface area contributed by atoms with Crippen LogP contribution < -0.4 is 5.32 Å². The maximum Gasteiger partial charge on any atom is 0.0556 e. The molecule has 2 heteroatoms. The van der Waals surface area contributed by atoms with Gasteiger partial charge in [-0.3, -0.25) is 0 Å². The summed E-state index contributed by atoms with van der Waals surface area (Å²) in [5.74, 6) is 0.357. The van der Waals surface area contributed by atoms with E-state index in [4.69, 9.17) is 5.11 Å². The van der Waals surface area contributed by atoms with E-state index in [9.17, 15) is 0 Å². The van der Waals surface area contributed by atoms with Gasteiger partial charge in [0.2, 0.25) is 0 Å². The molecular formula is C17H21NO. The highest BCUT2D eigenvalue weighted by Crippen LogP contribution is 2.30. The number of aliphatic hydroxyl groups is 1. The van der Waals surface area contributed by atoms with Crippen LogP contribution in [0, 0.1) is 0 Å². The number of benzene rings is 2. The normalized spacial score (nSPS) is 14.0. The summed E-state index contributed by atoms with van der Waals surface area (Å²) in [5.41, 5.74) is 2.56. The zero-order chi connectivity index (χ0) is 13.5. The van der Waals surface area contributed by atoms with Crippen LogP contribution in [0.15, 0.2) is 60.7 Å². The lowest BCUT2D eigenvalue weighted by Crippen LogP contribution is -2.28. The first-order valence-corrected chi connectivity index (χ1v) is 6.77. The Kier molecular flexibility index (Phi) is 5.13. The summed E-state index contributed by atoms with van der Waals surface area (Å²) in [6.07, 6.45) is 0. The monoisotopic (exact) mass is 255 g/mol. The molecule has 0 aliphatic carbocycles. The first kappa shape index (κ1) is 13.8. The van der Waals surface area contributed by atoms with Crippen LogP contribution >= 0.6 is 0 Å². The molecule has 100 valence electrons. The maximum absolute atomic E-state index is 9.05. The van der Waals surface area contributed by atoms with E-state index in [1.807, 2.05) is 12.1 Å². The lowest BCUT2D eigenvalue weighted by Gasteiger charge is -2.26. The van der Waals surface area contributed by atoms with Gasteiger partial charge in [-0.2, -0.15) is 0 Å². The molecule has 2 aromatic rings. The second-order valence-electron chi connectivity index (χ2n) is 4.77. The van der Waals surface area contributed by atoms with E-state index < -0.39 is 0 Å². The lowest BCUT2D eigenvalue weighted by molar-refractivity contribution is 0.280. The molecule has 0 unspecified atom stereocenters. The van der Waals surface area contributed by atoms with Gasteiger partial charge in [-0.15, -0.1) is 0 Å². The van der Waals surface area contributed by atoms with Gasteiger partial charge in [-0.1, -0.05) is 67.6 Å². The topological polar surface area (TPSA) is 32.3 Å². The molecule has 2 atom stereocenters. The molecule has 0 aromatic heterocycles. The van der Waals surface area contributed by atoms with Crippen LogP contribution in [0.2, 0.25) is 0 Å². The van der Waals surface area contributed by atoms with Crippen LogP contribution in [0.5, 0.6) is 0 Å². The van der Waals surface area contributed by atoms with Crippen LogP contribution in [0.1, 0.15) is 30.0 Å². The Balaban J connectivity index is 2.22. The molecule has 0 aliphatic heterocycles. The average Bonchev–Trinajstić information content (AvgIpc) is 2.49. The van der Waals surface area contributed by atoms with E-state index in [0.717, 1.165) is 0 Å². The van der Waals surface area contributed by atoms with Crippen LogP contribution in [-0.2, 0) is 0 Å². The standard InChI is InChI=1S/C17H21NO/c1-14(15-8-4-2-5-9-15)17(18-12-13-19)16-10-6-3-7-11-16/h2-11,14,17-19H,12-13H2,1H3/t14-,17+/m1/s1. The molecule has 0 aliphatic rings. The molecule has 0 amide bonds. The number of hydrogen-bond acceptors (Lipinski definition) is 2. The van der Waals surface area contributed by atoms with E-state index in [2.05, 4.69) is 60.8 Å². The molecule has 19 heavy (non-hydrogen) atoms. The number of rotatable bonds is 6. The van der Waals surface area contributed by atoms with Gasteiger partial charge in [-0.05, 0) is 11.1 Å². The van der Waals surface area contributed by atoms with Gasteiger partial charge in [0.05, 0.1) is 6.61 Å². The second kappa shape index (κ2) is 7.07. The smallest absolute Gasteiger partial charge is 0.0556 e. The highest BCUT2D eigenvalue weighted by atomic mass is 16.3. The minimum Gasteiger partial charge on any atom is -0.395 e. The van der Waals surface area contributed by atoms with Crippen molar-refractivity contribution >= 4 is 0 Å². The molecule has 0 fully saturated rings. The zero-order valence-corrected chi connectivity index (χ0v) is 11.3. The largest absolute Gasteiger partial charge is 0.395 e. The average molecular weight is 255 g/mol. The molecule has 2 N–H and O–H groups in total. The third kappa shape index (κ3) is 3.66. The van der Waals surface area contributed by atoms with Crippen molar-refractivity contribution < 1.29 is 5.11 Å². The van der Waals surface area contributed by atoms with Gasteiger partial charge in [0, 0.05) is 18.5 Å². The van der Waals surface area contributed by atoms with Crippen LogP contribution in [0.3, 0.4) is 0 Å². The molecule has 0 spiro atoms. The summed E-state index contributed by atoms with van der Waals surface area (Å²) in [5, 5.41) is 12.5. The van der Waals surface area contributed by atoms with Gasteiger partial charge in [0.1, 0.15) is 0 Å². The molecule has 0 saturated carbocycles. The summed E-state index contributed by atoms with van der Waals surface area (Å²) >= 11 is 0. The first-order valence-electron chi connectivity index (χ1n) is 6.77. The molecule has 0 heterocycles. The van der Waals surface area contributed by atoms with Crippen molar-refractivity contribution in [1.82, 2.24) is 5.32 Å². The molecule has 2 nitrogen and oxygen atoms in total. The fourth-order valence-corrected chi connectivity index (χ4v) is 2.41. The molecule has 0 bridgehead atoms. The van der Waals surface area contributed by atoms with Crippen molar-refractivity contribution in [3.05, 3.63) is 71.8 Å². The molecular weight excluding hydrogens is 234 g/mol. The van der Waals surface area contributed by atoms with E-state index in [0.29, 0.717) is 12.5 Å². The van der Waals surface area contributed by atoms with Gasteiger partial charge < -0.3 is 10.4 Å². The first-order chi connectivity index (χ1) is 9.33. The van der Waals surface area contributed by atoms with E-state index in [1.54, 1.807) is 0 Å². The molecule has 0 radical (unpaired) electrons. The summed E-state index contributed by atoms with van der Waals surface area (Å²) < 4.78 is 0. The highest BCUT2D eigenvalue weighted by molar-refractivity contribution is 5.27. The van der Waals surface area contributed by atoms with Crippen molar-refractivity contribution in [3.8, 4) is 0 Å². The van der Waals surface area contributed by atoms with Crippen molar-refractivity contribution in [3.63, 3.8) is 0 Å². The van der Waals surface area contributed by atoms with Gasteiger partial charge in [-0.25, -0.2) is 0 Å². The Morgan fingerprint density at radius 2 is 1.42 bits per heavy atom. The SMILES string of the molecule is C[C@H](c1ccccc1)[C@H](NCCO)c1ccccc1. The minimum atomic E-state index is 0.158. The number of nitrogens with one attached hydrogen (secondary N) is 1. The summed E-state index contributed by atoms with van der Waals surface area (Å²) in [7, 11) is 0. The van der Waals surface area contributed by atoms with Crippen LogP contribution in [-0.4, -0.2) is 18.3 Å². The summed E-state index contributed by atoms with van der Waals surface area (Å²) in [4.78, 5) is 0. The molecule has 2 aromatic carbocycles. The van der Waals surface area contributed by atoms with E-state index in [1.165, 1.54) is 11.1 Å². The summed E-state index contributed by atoms with van der Waals surface area (Å²) in [6.45, 7) is 2.99. The van der Waals surface area contributed by atoms with E-state index >= 15 is 0 Å². The Labute approximate surface area is 115 Å². The Hall–Kier alpha value is -1.64. The molecule has 0 saturated heterocycles. The second-order valence-corrected chi connectivity index (χ2v) is 4.77. The lowest BCUT2D eigenvalue weighted by atomic mass is 9.88. The fraction of sp³-hybridized carbons (Fsp3) is 0.294. The van der Waals surface area contributed by atoms with Crippen molar-refractivity contribution in [1.29, 1.82) is 0 Å². The quantitative estimate of drug-likeness (QED) is 0.831. The van der Waals surface area contributed by atoms with Crippen molar-refractivity contribution in [2.45, 2.75) is 18.9 Å². The maximum atomic E-state index is 9.05.